The molecule has 0 aromatic heterocycles. The maximum atomic E-state index is 12.4. The Labute approximate surface area is 177 Å². The molecule has 8 nitrogen and oxygen atoms in total. The van der Waals surface area contributed by atoms with E-state index in [9.17, 15) is 19.2 Å². The van der Waals surface area contributed by atoms with E-state index in [0.29, 0.717) is 28.8 Å². The lowest BCUT2D eigenvalue weighted by atomic mass is 10.2. The molecule has 4 amide bonds. The van der Waals surface area contributed by atoms with Crippen molar-refractivity contribution in [2.75, 3.05) is 18.5 Å². The number of nitrogens with zero attached hydrogens (tertiary/aromatic N) is 1. The lowest BCUT2D eigenvalue weighted by Gasteiger charge is -2.11. The van der Waals surface area contributed by atoms with Gasteiger partial charge in [-0.15, -0.1) is 0 Å². The summed E-state index contributed by atoms with van der Waals surface area (Å²) in [7, 11) is 0. The van der Waals surface area contributed by atoms with Crippen LogP contribution in [0.3, 0.4) is 0 Å². The lowest BCUT2D eigenvalue weighted by Crippen LogP contribution is -2.36. The minimum atomic E-state index is -0.776. The van der Waals surface area contributed by atoms with Crippen molar-refractivity contribution in [2.24, 2.45) is 5.73 Å². The first kappa shape index (κ1) is 21.1. The molecule has 1 aliphatic rings. The number of imide groups is 1. The largest absolute Gasteiger partial charge is 0.483 e. The highest BCUT2D eigenvalue weighted by atomic mass is 32.2. The number of carbonyl (C=O) groups excluding carboxylic acids is 4. The Hall–Kier alpha value is -3.59. The molecule has 1 heterocycles. The van der Waals surface area contributed by atoms with Crippen molar-refractivity contribution in [3.63, 3.8) is 0 Å². The second kappa shape index (κ2) is 9.27. The minimum absolute atomic E-state index is 0.140. The van der Waals surface area contributed by atoms with Gasteiger partial charge in [-0.2, -0.15) is 0 Å². The first-order chi connectivity index (χ1) is 14.3. The van der Waals surface area contributed by atoms with Crippen LogP contribution in [-0.2, 0) is 14.4 Å². The van der Waals surface area contributed by atoms with Gasteiger partial charge in [0.25, 0.3) is 17.1 Å². The number of aryl methyl sites for hydroxylation is 1. The third-order valence-electron chi connectivity index (χ3n) is 4.05. The molecule has 154 valence electrons. The molecule has 2 aromatic rings. The topological polar surface area (TPSA) is 119 Å². The molecule has 0 atom stereocenters. The van der Waals surface area contributed by atoms with E-state index in [4.69, 9.17) is 10.5 Å². The highest BCUT2D eigenvalue weighted by molar-refractivity contribution is 8.18. The number of anilines is 1. The second-order valence-corrected chi connectivity index (χ2v) is 7.47. The number of nitrogens with two attached hydrogens (primary N) is 1. The molecule has 0 bridgehead atoms. The Kier molecular flexibility index (Phi) is 6.53. The molecule has 9 heteroatoms. The first-order valence-corrected chi connectivity index (χ1v) is 9.77. The van der Waals surface area contributed by atoms with Crippen LogP contribution in [0.2, 0.25) is 0 Å². The van der Waals surface area contributed by atoms with Crippen LogP contribution in [0.1, 0.15) is 11.1 Å². The maximum Gasteiger partial charge on any atom is 0.294 e. The summed E-state index contributed by atoms with van der Waals surface area (Å²) in [5.41, 5.74) is 7.28. The Morgan fingerprint density at radius 3 is 2.67 bits per heavy atom. The number of amides is 4. The van der Waals surface area contributed by atoms with Crippen molar-refractivity contribution in [2.45, 2.75) is 6.92 Å². The number of ether oxygens (including phenoxy) is 1. The molecule has 0 saturated carbocycles. The fraction of sp³-hybridized carbons (Fsp3) is 0.143. The zero-order valence-electron chi connectivity index (χ0n) is 16.1. The third kappa shape index (κ3) is 5.26. The summed E-state index contributed by atoms with van der Waals surface area (Å²) < 4.78 is 5.62. The Bertz CT molecular complexity index is 1050. The quantitative estimate of drug-likeness (QED) is 0.658. The zero-order valence-corrected chi connectivity index (χ0v) is 16.9. The molecular weight excluding hydrogens is 406 g/mol. The summed E-state index contributed by atoms with van der Waals surface area (Å²) in [4.78, 5) is 48.5. The highest BCUT2D eigenvalue weighted by Crippen LogP contribution is 2.33. The number of hydrogen-bond donors (Lipinski definition) is 2. The normalized spacial score (nSPS) is 14.8. The summed E-state index contributed by atoms with van der Waals surface area (Å²) in [6.07, 6.45) is 1.49. The molecule has 3 rings (SSSR count). The number of hydrogen-bond acceptors (Lipinski definition) is 6. The van der Waals surface area contributed by atoms with Crippen LogP contribution in [-0.4, -0.2) is 41.0 Å². The Balaban J connectivity index is 1.70. The van der Waals surface area contributed by atoms with Gasteiger partial charge in [0.15, 0.2) is 6.61 Å². The van der Waals surface area contributed by atoms with E-state index in [2.05, 4.69) is 5.32 Å². The maximum absolute atomic E-state index is 12.4. The van der Waals surface area contributed by atoms with E-state index < -0.39 is 23.6 Å². The van der Waals surface area contributed by atoms with Crippen molar-refractivity contribution in [1.29, 1.82) is 0 Å². The van der Waals surface area contributed by atoms with Crippen molar-refractivity contribution in [3.05, 3.63) is 64.6 Å². The molecule has 0 spiro atoms. The lowest BCUT2D eigenvalue weighted by molar-refractivity contribution is -0.127. The van der Waals surface area contributed by atoms with Gasteiger partial charge in [0.2, 0.25) is 5.91 Å². The molecule has 0 radical (unpaired) electrons. The molecule has 2 aromatic carbocycles. The van der Waals surface area contributed by atoms with Crippen LogP contribution < -0.4 is 15.8 Å². The molecular formula is C21H19N3O5S. The number of nitrogens with one attached hydrogen (secondary N) is 1. The van der Waals surface area contributed by atoms with E-state index in [1.807, 2.05) is 25.1 Å². The smallest absolute Gasteiger partial charge is 0.294 e. The van der Waals surface area contributed by atoms with E-state index in [-0.39, 0.29) is 17.4 Å². The summed E-state index contributed by atoms with van der Waals surface area (Å²) in [5, 5.41) is 2.18. The summed E-state index contributed by atoms with van der Waals surface area (Å²) in [5.74, 6) is -1.34. The fourth-order valence-corrected chi connectivity index (χ4v) is 3.56. The van der Waals surface area contributed by atoms with Crippen molar-refractivity contribution >= 4 is 46.5 Å². The Morgan fingerprint density at radius 2 is 1.93 bits per heavy atom. The summed E-state index contributed by atoms with van der Waals surface area (Å²) in [6.45, 7) is 1.22. The SMILES string of the molecule is Cc1cccc(NC(=O)COc2ccccc2/C=C2\SC(=O)N(CC(N)=O)C2=O)c1. The van der Waals surface area contributed by atoms with Gasteiger partial charge in [-0.1, -0.05) is 30.3 Å². The predicted octanol–water partition coefficient (Wildman–Crippen LogP) is 2.53. The van der Waals surface area contributed by atoms with Crippen LogP contribution in [0, 0.1) is 6.92 Å². The van der Waals surface area contributed by atoms with E-state index in [0.717, 1.165) is 10.5 Å². The fourth-order valence-electron chi connectivity index (χ4n) is 2.73. The van der Waals surface area contributed by atoms with Gasteiger partial charge >= 0.3 is 0 Å². The van der Waals surface area contributed by atoms with Gasteiger partial charge in [0.05, 0.1) is 4.91 Å². The molecule has 0 aliphatic carbocycles. The molecule has 3 N–H and O–H groups in total. The van der Waals surface area contributed by atoms with Gasteiger partial charge in [0, 0.05) is 11.3 Å². The monoisotopic (exact) mass is 425 g/mol. The average Bonchev–Trinajstić information content (AvgIpc) is 2.94. The number of primary amides is 1. The highest BCUT2D eigenvalue weighted by Gasteiger charge is 2.36. The molecule has 0 unspecified atom stereocenters. The van der Waals surface area contributed by atoms with E-state index in [1.165, 1.54) is 6.08 Å². The summed E-state index contributed by atoms with van der Waals surface area (Å²) >= 11 is 0.711. The van der Waals surface area contributed by atoms with Crippen LogP contribution >= 0.6 is 11.8 Å². The molecule has 1 aliphatic heterocycles. The van der Waals surface area contributed by atoms with Gasteiger partial charge in [-0.25, -0.2) is 0 Å². The average molecular weight is 425 g/mol. The van der Waals surface area contributed by atoms with Crippen molar-refractivity contribution in [3.8, 4) is 5.75 Å². The number of benzene rings is 2. The number of rotatable bonds is 7. The number of carbonyl (C=O) groups is 4. The summed E-state index contributed by atoms with van der Waals surface area (Å²) in [6, 6.07) is 14.2. The van der Waals surface area contributed by atoms with Gasteiger partial charge < -0.3 is 15.8 Å². The predicted molar refractivity (Wildman–Crippen MR) is 114 cm³/mol. The van der Waals surface area contributed by atoms with Crippen LogP contribution in [0.5, 0.6) is 5.75 Å². The Morgan fingerprint density at radius 1 is 1.17 bits per heavy atom. The minimum Gasteiger partial charge on any atom is -0.483 e. The van der Waals surface area contributed by atoms with Crippen molar-refractivity contribution in [1.82, 2.24) is 4.90 Å². The van der Waals surface area contributed by atoms with Crippen LogP contribution in [0.25, 0.3) is 6.08 Å². The first-order valence-electron chi connectivity index (χ1n) is 8.95. The second-order valence-electron chi connectivity index (χ2n) is 6.48. The van der Waals surface area contributed by atoms with E-state index >= 15 is 0 Å². The molecule has 1 fully saturated rings. The van der Waals surface area contributed by atoms with Gasteiger partial charge in [-0.3, -0.25) is 24.1 Å². The zero-order chi connectivity index (χ0) is 21.7. The molecule has 1 saturated heterocycles. The van der Waals surface area contributed by atoms with Crippen molar-refractivity contribution < 1.29 is 23.9 Å². The number of thioether (sulfide) groups is 1. The number of para-hydroxylation sites is 1. The van der Waals surface area contributed by atoms with Gasteiger partial charge in [-0.05, 0) is 48.5 Å². The van der Waals surface area contributed by atoms with Crippen LogP contribution in [0.4, 0.5) is 10.5 Å². The third-order valence-corrected chi connectivity index (χ3v) is 4.96. The van der Waals surface area contributed by atoms with Crippen LogP contribution in [0.15, 0.2) is 53.4 Å². The molecule has 30 heavy (non-hydrogen) atoms. The van der Waals surface area contributed by atoms with Gasteiger partial charge in [0.1, 0.15) is 12.3 Å². The van der Waals surface area contributed by atoms with E-state index in [1.54, 1.807) is 30.3 Å². The standard InChI is InChI=1S/C21H19N3O5S/c1-13-5-4-7-15(9-13)23-19(26)12-29-16-8-3-2-6-14(16)10-17-20(27)24(11-18(22)25)21(28)30-17/h2-10H,11-12H2,1H3,(H2,22,25)(H,23,26)/b17-10-.